The first kappa shape index (κ1) is 15.9. The average molecular weight is 326 g/mol. The fourth-order valence-electron chi connectivity index (χ4n) is 2.33. The molecule has 0 fully saturated rings. The lowest BCUT2D eigenvalue weighted by Gasteiger charge is -2.09. The molecule has 0 bridgehead atoms. The first-order chi connectivity index (χ1) is 11.8. The fraction of sp³-hybridized carbons (Fsp3) is 0.312. The zero-order valence-electron chi connectivity index (χ0n) is 13.3. The van der Waals surface area contributed by atoms with Crippen molar-refractivity contribution >= 4 is 16.9 Å². The quantitative estimate of drug-likeness (QED) is 0.695. The standard InChI is InChI=1S/C16H18N6O2/c1-24-16-14(19-12-4-2-3-5-13(12)20-16)6-7-15(23)17-8-10-22-11-9-18-21-22/h2-5,9,11H,6-8,10H2,1H3,(H,17,23). The number of carbonyl (C=O) groups is 1. The van der Waals surface area contributed by atoms with Gasteiger partial charge in [0.1, 0.15) is 5.69 Å². The maximum Gasteiger partial charge on any atom is 0.235 e. The molecule has 0 unspecified atom stereocenters. The highest BCUT2D eigenvalue weighted by Gasteiger charge is 2.11. The fourth-order valence-corrected chi connectivity index (χ4v) is 2.33. The predicted molar refractivity (Wildman–Crippen MR) is 87.4 cm³/mol. The maximum atomic E-state index is 12.0. The molecule has 0 saturated carbocycles. The van der Waals surface area contributed by atoms with Gasteiger partial charge in [-0.3, -0.25) is 9.48 Å². The minimum absolute atomic E-state index is 0.0490. The van der Waals surface area contributed by atoms with Crippen molar-refractivity contribution in [2.24, 2.45) is 0 Å². The summed E-state index contributed by atoms with van der Waals surface area (Å²) in [6.45, 7) is 1.09. The largest absolute Gasteiger partial charge is 0.480 e. The van der Waals surface area contributed by atoms with E-state index in [9.17, 15) is 4.79 Å². The molecule has 0 aliphatic carbocycles. The van der Waals surface area contributed by atoms with Gasteiger partial charge >= 0.3 is 0 Å². The number of para-hydroxylation sites is 2. The van der Waals surface area contributed by atoms with Crippen LogP contribution in [0, 0.1) is 0 Å². The number of hydrogen-bond acceptors (Lipinski definition) is 6. The van der Waals surface area contributed by atoms with E-state index in [0.29, 0.717) is 37.5 Å². The van der Waals surface area contributed by atoms with Crippen LogP contribution in [0.4, 0.5) is 0 Å². The second-order valence-corrected chi connectivity index (χ2v) is 5.18. The highest BCUT2D eigenvalue weighted by molar-refractivity contribution is 5.77. The number of benzene rings is 1. The van der Waals surface area contributed by atoms with Crippen LogP contribution in [0.1, 0.15) is 12.1 Å². The van der Waals surface area contributed by atoms with Crippen LogP contribution in [0.25, 0.3) is 11.0 Å². The maximum absolute atomic E-state index is 12.0. The topological polar surface area (TPSA) is 94.8 Å². The molecule has 3 aromatic rings. The summed E-state index contributed by atoms with van der Waals surface area (Å²) < 4.78 is 6.96. The van der Waals surface area contributed by atoms with Crippen LogP contribution < -0.4 is 10.1 Å². The van der Waals surface area contributed by atoms with E-state index in [4.69, 9.17) is 4.74 Å². The van der Waals surface area contributed by atoms with Gasteiger partial charge in [-0.25, -0.2) is 9.97 Å². The Balaban J connectivity index is 1.57. The molecule has 2 aromatic heterocycles. The number of nitrogens with zero attached hydrogens (tertiary/aromatic N) is 5. The molecular weight excluding hydrogens is 308 g/mol. The minimum Gasteiger partial charge on any atom is -0.480 e. The molecule has 124 valence electrons. The molecule has 0 aliphatic heterocycles. The molecule has 0 atom stereocenters. The molecule has 1 aromatic carbocycles. The number of ether oxygens (including phenoxy) is 1. The van der Waals surface area contributed by atoms with Crippen molar-refractivity contribution in [1.29, 1.82) is 0 Å². The Kier molecular flexibility index (Phi) is 4.95. The van der Waals surface area contributed by atoms with Gasteiger partial charge in [0, 0.05) is 25.6 Å². The second-order valence-electron chi connectivity index (χ2n) is 5.18. The van der Waals surface area contributed by atoms with Crippen molar-refractivity contribution in [3.05, 3.63) is 42.4 Å². The van der Waals surface area contributed by atoms with Gasteiger partial charge in [0.2, 0.25) is 11.8 Å². The summed E-state index contributed by atoms with van der Waals surface area (Å²) in [6, 6.07) is 7.58. The van der Waals surface area contributed by atoms with E-state index in [0.717, 1.165) is 11.0 Å². The minimum atomic E-state index is -0.0490. The van der Waals surface area contributed by atoms with Gasteiger partial charge < -0.3 is 10.1 Å². The number of fused-ring (bicyclic) bond motifs is 1. The van der Waals surface area contributed by atoms with Crippen molar-refractivity contribution in [3.63, 3.8) is 0 Å². The van der Waals surface area contributed by atoms with Gasteiger partial charge in [0.05, 0.1) is 30.9 Å². The van der Waals surface area contributed by atoms with Crippen molar-refractivity contribution in [1.82, 2.24) is 30.3 Å². The third kappa shape index (κ3) is 3.83. The third-order valence-electron chi connectivity index (χ3n) is 3.52. The molecule has 0 saturated heterocycles. The molecule has 1 amide bonds. The van der Waals surface area contributed by atoms with Crippen LogP contribution in [0.3, 0.4) is 0 Å². The van der Waals surface area contributed by atoms with E-state index < -0.39 is 0 Å². The van der Waals surface area contributed by atoms with Gasteiger partial charge in [0.25, 0.3) is 0 Å². The first-order valence-electron chi connectivity index (χ1n) is 7.66. The summed E-state index contributed by atoms with van der Waals surface area (Å²) in [5.74, 6) is 0.413. The lowest BCUT2D eigenvalue weighted by molar-refractivity contribution is -0.121. The van der Waals surface area contributed by atoms with E-state index >= 15 is 0 Å². The lowest BCUT2D eigenvalue weighted by Crippen LogP contribution is -2.27. The Morgan fingerprint density at radius 1 is 1.25 bits per heavy atom. The number of hydrogen-bond donors (Lipinski definition) is 1. The average Bonchev–Trinajstić information content (AvgIpc) is 3.12. The zero-order chi connectivity index (χ0) is 16.8. The third-order valence-corrected chi connectivity index (χ3v) is 3.52. The number of nitrogens with one attached hydrogen (secondary N) is 1. The van der Waals surface area contributed by atoms with Crippen LogP contribution in [0.2, 0.25) is 0 Å². The van der Waals surface area contributed by atoms with Crippen molar-refractivity contribution in [2.75, 3.05) is 13.7 Å². The molecule has 8 nitrogen and oxygen atoms in total. The van der Waals surface area contributed by atoms with E-state index in [1.807, 2.05) is 24.3 Å². The number of amides is 1. The van der Waals surface area contributed by atoms with E-state index in [1.165, 1.54) is 0 Å². The summed E-state index contributed by atoms with van der Waals surface area (Å²) in [5.41, 5.74) is 2.25. The number of aryl methyl sites for hydroxylation is 1. The summed E-state index contributed by atoms with van der Waals surface area (Å²) in [4.78, 5) is 20.9. The van der Waals surface area contributed by atoms with E-state index in [-0.39, 0.29) is 5.91 Å². The van der Waals surface area contributed by atoms with Gasteiger partial charge in [0.15, 0.2) is 0 Å². The van der Waals surface area contributed by atoms with Crippen LogP contribution in [-0.2, 0) is 17.8 Å². The normalized spacial score (nSPS) is 10.7. The number of rotatable bonds is 7. The second kappa shape index (κ2) is 7.49. The first-order valence-corrected chi connectivity index (χ1v) is 7.66. The zero-order valence-corrected chi connectivity index (χ0v) is 13.3. The van der Waals surface area contributed by atoms with Crippen LogP contribution in [0.5, 0.6) is 5.88 Å². The molecular formula is C16H18N6O2. The highest BCUT2D eigenvalue weighted by atomic mass is 16.5. The van der Waals surface area contributed by atoms with Crippen molar-refractivity contribution in [3.8, 4) is 5.88 Å². The molecule has 3 rings (SSSR count). The molecule has 2 heterocycles. The molecule has 24 heavy (non-hydrogen) atoms. The van der Waals surface area contributed by atoms with Gasteiger partial charge in [-0.2, -0.15) is 0 Å². The number of aromatic nitrogens is 5. The molecule has 8 heteroatoms. The Labute approximate surface area is 138 Å². The van der Waals surface area contributed by atoms with Crippen LogP contribution >= 0.6 is 0 Å². The Morgan fingerprint density at radius 3 is 2.75 bits per heavy atom. The smallest absolute Gasteiger partial charge is 0.235 e. The van der Waals surface area contributed by atoms with E-state index in [2.05, 4.69) is 25.6 Å². The van der Waals surface area contributed by atoms with Gasteiger partial charge in [-0.15, -0.1) is 5.10 Å². The predicted octanol–water partition coefficient (Wildman–Crippen LogP) is 0.979. The monoisotopic (exact) mass is 326 g/mol. The Hall–Kier alpha value is -3.03. The summed E-state index contributed by atoms with van der Waals surface area (Å²) >= 11 is 0. The highest BCUT2D eigenvalue weighted by Crippen LogP contribution is 2.19. The summed E-state index contributed by atoms with van der Waals surface area (Å²) in [5, 5.41) is 10.4. The van der Waals surface area contributed by atoms with Crippen LogP contribution in [0.15, 0.2) is 36.7 Å². The molecule has 0 aliphatic rings. The van der Waals surface area contributed by atoms with E-state index in [1.54, 1.807) is 24.2 Å². The van der Waals surface area contributed by atoms with Gasteiger partial charge in [-0.05, 0) is 12.1 Å². The van der Waals surface area contributed by atoms with Gasteiger partial charge in [-0.1, -0.05) is 17.3 Å². The molecule has 1 N–H and O–H groups in total. The van der Waals surface area contributed by atoms with Crippen LogP contribution in [-0.4, -0.2) is 44.5 Å². The Bertz CT molecular complexity index is 819. The summed E-state index contributed by atoms with van der Waals surface area (Å²) in [7, 11) is 1.56. The number of methoxy groups -OCH3 is 1. The molecule has 0 spiro atoms. The van der Waals surface area contributed by atoms with Crippen molar-refractivity contribution < 1.29 is 9.53 Å². The lowest BCUT2D eigenvalue weighted by atomic mass is 10.2. The number of carbonyl (C=O) groups excluding carboxylic acids is 1. The Morgan fingerprint density at radius 2 is 2.04 bits per heavy atom. The SMILES string of the molecule is COc1nc2ccccc2nc1CCC(=O)NCCn1ccnn1. The van der Waals surface area contributed by atoms with Crippen molar-refractivity contribution in [2.45, 2.75) is 19.4 Å². The summed E-state index contributed by atoms with van der Waals surface area (Å²) in [6.07, 6.45) is 4.14. The molecule has 0 radical (unpaired) electrons.